The molecule has 1 N–H and O–H groups in total. The lowest BCUT2D eigenvalue weighted by Crippen LogP contribution is -2.02. The van der Waals surface area contributed by atoms with E-state index in [2.05, 4.69) is 4.74 Å². The molecular formula is C8H12O4. The van der Waals surface area contributed by atoms with Gasteiger partial charge >= 0.3 is 11.9 Å². The third-order valence-corrected chi connectivity index (χ3v) is 1.26. The molecule has 0 aromatic rings. The maximum Gasteiger partial charge on any atom is 0.330 e. The average molecular weight is 172 g/mol. The fraction of sp³-hybridized carbons (Fsp3) is 0.500. The van der Waals surface area contributed by atoms with Crippen molar-refractivity contribution in [2.75, 3.05) is 7.11 Å². The van der Waals surface area contributed by atoms with E-state index in [1.54, 1.807) is 6.92 Å². The molecule has 0 aliphatic carbocycles. The zero-order valence-electron chi connectivity index (χ0n) is 7.11. The summed E-state index contributed by atoms with van der Waals surface area (Å²) in [6, 6.07) is 0. The molecule has 0 aliphatic heterocycles. The number of carboxylic acids is 1. The fourth-order valence-corrected chi connectivity index (χ4v) is 0.654. The Hall–Kier alpha value is -1.32. The summed E-state index contributed by atoms with van der Waals surface area (Å²) in [6.07, 6.45) is 2.76. The second kappa shape index (κ2) is 5.35. The molecule has 0 spiro atoms. The predicted molar refractivity (Wildman–Crippen MR) is 42.6 cm³/mol. The van der Waals surface area contributed by atoms with Crippen molar-refractivity contribution in [2.45, 2.75) is 13.3 Å². The van der Waals surface area contributed by atoms with Crippen LogP contribution in [0.2, 0.25) is 0 Å². The van der Waals surface area contributed by atoms with E-state index in [0.717, 1.165) is 0 Å². The number of aliphatic carboxylic acids is 1. The molecule has 0 radical (unpaired) electrons. The van der Waals surface area contributed by atoms with E-state index >= 15 is 0 Å². The summed E-state index contributed by atoms with van der Waals surface area (Å²) >= 11 is 0. The zero-order chi connectivity index (χ0) is 9.56. The van der Waals surface area contributed by atoms with Crippen molar-refractivity contribution >= 4 is 11.9 Å². The topological polar surface area (TPSA) is 63.6 Å². The van der Waals surface area contributed by atoms with Crippen molar-refractivity contribution in [2.24, 2.45) is 5.92 Å². The Bertz CT molecular complexity index is 195. The van der Waals surface area contributed by atoms with Crippen molar-refractivity contribution in [3.05, 3.63) is 12.2 Å². The second-order valence-corrected chi connectivity index (χ2v) is 2.46. The van der Waals surface area contributed by atoms with E-state index in [9.17, 15) is 9.59 Å². The van der Waals surface area contributed by atoms with Crippen LogP contribution in [0, 0.1) is 5.92 Å². The van der Waals surface area contributed by atoms with Crippen LogP contribution in [0.4, 0.5) is 0 Å². The SMILES string of the molecule is COC(=O)/C=C/[C@@H](C)CC(=O)O. The molecule has 4 nitrogen and oxygen atoms in total. The van der Waals surface area contributed by atoms with Gasteiger partial charge in [0.05, 0.1) is 13.5 Å². The molecule has 0 aliphatic rings. The van der Waals surface area contributed by atoms with Crippen LogP contribution >= 0.6 is 0 Å². The van der Waals surface area contributed by atoms with Crippen molar-refractivity contribution in [3.8, 4) is 0 Å². The average Bonchev–Trinajstić information content (AvgIpc) is 1.99. The molecule has 0 bridgehead atoms. The van der Waals surface area contributed by atoms with Crippen molar-refractivity contribution in [1.82, 2.24) is 0 Å². The Balaban J connectivity index is 3.82. The smallest absolute Gasteiger partial charge is 0.330 e. The van der Waals surface area contributed by atoms with Gasteiger partial charge in [0.25, 0.3) is 0 Å². The lowest BCUT2D eigenvalue weighted by atomic mass is 10.1. The summed E-state index contributed by atoms with van der Waals surface area (Å²) in [4.78, 5) is 20.7. The number of rotatable bonds is 4. The van der Waals surface area contributed by atoms with Gasteiger partial charge in [-0.1, -0.05) is 13.0 Å². The minimum atomic E-state index is -0.878. The van der Waals surface area contributed by atoms with Gasteiger partial charge in [-0.3, -0.25) is 4.79 Å². The summed E-state index contributed by atoms with van der Waals surface area (Å²) < 4.78 is 4.33. The summed E-state index contributed by atoms with van der Waals surface area (Å²) in [5.41, 5.74) is 0. The van der Waals surface area contributed by atoms with E-state index in [0.29, 0.717) is 0 Å². The van der Waals surface area contributed by atoms with Crippen LogP contribution in [0.3, 0.4) is 0 Å². The highest BCUT2D eigenvalue weighted by atomic mass is 16.5. The number of hydrogen-bond donors (Lipinski definition) is 1. The quantitative estimate of drug-likeness (QED) is 0.503. The molecule has 0 saturated carbocycles. The first kappa shape index (κ1) is 10.7. The number of allylic oxidation sites excluding steroid dienone is 1. The monoisotopic (exact) mass is 172 g/mol. The molecule has 0 fully saturated rings. The summed E-state index contributed by atoms with van der Waals surface area (Å²) in [6.45, 7) is 1.72. The minimum absolute atomic E-state index is 0.0213. The molecule has 0 heterocycles. The lowest BCUT2D eigenvalue weighted by Gasteiger charge is -1.99. The van der Waals surface area contributed by atoms with Gasteiger partial charge in [-0.05, 0) is 5.92 Å². The molecule has 0 aromatic carbocycles. The third-order valence-electron chi connectivity index (χ3n) is 1.26. The standard InChI is InChI=1S/C8H12O4/c1-6(5-7(9)10)3-4-8(11)12-2/h3-4,6H,5H2,1-2H3,(H,9,10)/b4-3+/t6-/m1/s1. The number of ether oxygens (including phenoxy) is 1. The summed E-state index contributed by atoms with van der Waals surface area (Å²) in [5, 5.41) is 8.36. The number of carbonyl (C=O) groups is 2. The van der Waals surface area contributed by atoms with Crippen LogP contribution in [-0.2, 0) is 14.3 Å². The molecule has 0 aromatic heterocycles. The first-order valence-corrected chi connectivity index (χ1v) is 3.54. The van der Waals surface area contributed by atoms with E-state index in [1.165, 1.54) is 19.3 Å². The highest BCUT2D eigenvalue weighted by Crippen LogP contribution is 2.02. The Morgan fingerprint density at radius 2 is 2.17 bits per heavy atom. The van der Waals surface area contributed by atoms with Crippen LogP contribution in [0.5, 0.6) is 0 Å². The van der Waals surface area contributed by atoms with Crippen LogP contribution in [0.15, 0.2) is 12.2 Å². The predicted octanol–water partition coefficient (Wildman–Crippen LogP) is 0.826. The molecule has 0 saturated heterocycles. The summed E-state index contributed by atoms with van der Waals surface area (Å²) in [7, 11) is 1.27. The number of carboxylic acid groups (broad SMARTS) is 1. The van der Waals surface area contributed by atoms with Gasteiger partial charge in [0, 0.05) is 6.08 Å². The molecule has 0 amide bonds. The molecule has 0 unspecified atom stereocenters. The Labute approximate surface area is 70.8 Å². The molecular weight excluding hydrogens is 160 g/mol. The highest BCUT2D eigenvalue weighted by Gasteiger charge is 2.03. The third kappa shape index (κ3) is 5.46. The molecule has 1 atom stereocenters. The molecule has 4 heteroatoms. The van der Waals surface area contributed by atoms with E-state index in [-0.39, 0.29) is 12.3 Å². The van der Waals surface area contributed by atoms with Crippen LogP contribution in [0.25, 0.3) is 0 Å². The molecule has 0 rings (SSSR count). The Morgan fingerprint density at radius 1 is 1.58 bits per heavy atom. The van der Waals surface area contributed by atoms with Gasteiger partial charge < -0.3 is 9.84 Å². The number of methoxy groups -OCH3 is 1. The second-order valence-electron chi connectivity index (χ2n) is 2.46. The number of hydrogen-bond acceptors (Lipinski definition) is 3. The molecule has 12 heavy (non-hydrogen) atoms. The summed E-state index contributed by atoms with van der Waals surface area (Å²) in [5.74, 6) is -1.49. The van der Waals surface area contributed by atoms with Crippen LogP contribution < -0.4 is 0 Å². The minimum Gasteiger partial charge on any atom is -0.481 e. The highest BCUT2D eigenvalue weighted by molar-refractivity contribution is 5.81. The Kier molecular flexibility index (Phi) is 4.76. The largest absolute Gasteiger partial charge is 0.481 e. The van der Waals surface area contributed by atoms with Crippen molar-refractivity contribution in [3.63, 3.8) is 0 Å². The maximum atomic E-state index is 10.5. The Morgan fingerprint density at radius 3 is 2.58 bits per heavy atom. The van der Waals surface area contributed by atoms with Gasteiger partial charge in [0.1, 0.15) is 0 Å². The molecule has 68 valence electrons. The van der Waals surface area contributed by atoms with Gasteiger partial charge in [-0.25, -0.2) is 4.79 Å². The number of esters is 1. The first-order chi connectivity index (χ1) is 5.56. The van der Waals surface area contributed by atoms with E-state index < -0.39 is 11.9 Å². The number of carbonyl (C=O) groups excluding carboxylic acids is 1. The van der Waals surface area contributed by atoms with Crippen molar-refractivity contribution < 1.29 is 19.4 Å². The lowest BCUT2D eigenvalue weighted by molar-refractivity contribution is -0.138. The van der Waals surface area contributed by atoms with Crippen LogP contribution in [-0.4, -0.2) is 24.2 Å². The van der Waals surface area contributed by atoms with E-state index in [4.69, 9.17) is 5.11 Å². The van der Waals surface area contributed by atoms with Gasteiger partial charge in [-0.2, -0.15) is 0 Å². The van der Waals surface area contributed by atoms with Gasteiger partial charge in [-0.15, -0.1) is 0 Å². The zero-order valence-corrected chi connectivity index (χ0v) is 7.11. The van der Waals surface area contributed by atoms with Crippen molar-refractivity contribution in [1.29, 1.82) is 0 Å². The normalized spacial score (nSPS) is 12.8. The first-order valence-electron chi connectivity index (χ1n) is 3.54. The van der Waals surface area contributed by atoms with Gasteiger partial charge in [0.15, 0.2) is 0 Å². The maximum absolute atomic E-state index is 10.5. The fourth-order valence-electron chi connectivity index (χ4n) is 0.654. The van der Waals surface area contributed by atoms with Crippen LogP contribution in [0.1, 0.15) is 13.3 Å². The van der Waals surface area contributed by atoms with E-state index in [1.807, 2.05) is 0 Å². The van der Waals surface area contributed by atoms with Gasteiger partial charge in [0.2, 0.25) is 0 Å².